The lowest BCUT2D eigenvalue weighted by atomic mass is 10.2. The van der Waals surface area contributed by atoms with E-state index >= 15 is 0 Å². The smallest absolute Gasteiger partial charge is 0.248 e. The van der Waals surface area contributed by atoms with E-state index in [0.717, 1.165) is 16.9 Å². The monoisotopic (exact) mass is 396 g/mol. The van der Waals surface area contributed by atoms with Crippen molar-refractivity contribution in [1.29, 1.82) is 0 Å². The lowest BCUT2D eigenvalue weighted by Crippen LogP contribution is -2.09. The standard InChI is InChI=1S/C22H18Cl2N2O/c1-15-6-10-17(11-7-15)25-20-4-2-3-5-21(20)26-22(27)13-9-16-8-12-18(23)19(24)14-16/h2-14,25H,1H3,(H,26,27)/b13-9+. The maximum Gasteiger partial charge on any atom is 0.248 e. The Morgan fingerprint density at radius 3 is 2.30 bits per heavy atom. The Bertz CT molecular complexity index is 982. The first-order valence-corrected chi connectivity index (χ1v) is 9.14. The zero-order valence-corrected chi connectivity index (χ0v) is 16.2. The molecule has 0 saturated heterocycles. The third kappa shape index (κ3) is 5.36. The number of nitrogens with one attached hydrogen (secondary N) is 2. The fraction of sp³-hybridized carbons (Fsp3) is 0.0455. The number of benzene rings is 3. The Morgan fingerprint density at radius 2 is 1.59 bits per heavy atom. The molecule has 0 fully saturated rings. The van der Waals surface area contributed by atoms with Crippen LogP contribution >= 0.6 is 23.2 Å². The van der Waals surface area contributed by atoms with Gasteiger partial charge in [-0.2, -0.15) is 0 Å². The molecule has 5 heteroatoms. The van der Waals surface area contributed by atoms with Crippen LogP contribution in [0.5, 0.6) is 0 Å². The number of rotatable bonds is 5. The Morgan fingerprint density at radius 1 is 0.889 bits per heavy atom. The molecule has 3 rings (SSSR count). The molecule has 0 atom stereocenters. The van der Waals surface area contributed by atoms with Crippen LogP contribution < -0.4 is 10.6 Å². The number of anilines is 3. The summed E-state index contributed by atoms with van der Waals surface area (Å²) in [5.74, 6) is -0.237. The van der Waals surface area contributed by atoms with Gasteiger partial charge >= 0.3 is 0 Å². The highest BCUT2D eigenvalue weighted by Gasteiger charge is 2.05. The van der Waals surface area contributed by atoms with Gasteiger partial charge in [-0.3, -0.25) is 4.79 Å². The Hall–Kier alpha value is -2.75. The van der Waals surface area contributed by atoms with Crippen molar-refractivity contribution in [2.75, 3.05) is 10.6 Å². The number of aryl methyl sites for hydroxylation is 1. The molecule has 0 heterocycles. The molecule has 0 spiro atoms. The predicted octanol–water partition coefficient (Wildman–Crippen LogP) is 6.70. The van der Waals surface area contributed by atoms with Crippen LogP contribution in [0.1, 0.15) is 11.1 Å². The van der Waals surface area contributed by atoms with Crippen LogP contribution in [-0.4, -0.2) is 5.91 Å². The molecule has 27 heavy (non-hydrogen) atoms. The molecule has 3 aromatic rings. The van der Waals surface area contributed by atoms with E-state index in [1.807, 2.05) is 55.5 Å². The fourth-order valence-corrected chi connectivity index (χ4v) is 2.76. The van der Waals surface area contributed by atoms with E-state index in [1.165, 1.54) is 11.6 Å². The molecule has 0 aliphatic heterocycles. The van der Waals surface area contributed by atoms with Crippen molar-refractivity contribution in [3.8, 4) is 0 Å². The van der Waals surface area contributed by atoms with Crippen molar-refractivity contribution >= 4 is 52.2 Å². The summed E-state index contributed by atoms with van der Waals surface area (Å²) < 4.78 is 0. The average molecular weight is 397 g/mol. The largest absolute Gasteiger partial charge is 0.354 e. The second-order valence-electron chi connectivity index (χ2n) is 6.03. The summed E-state index contributed by atoms with van der Waals surface area (Å²) in [6.45, 7) is 2.04. The summed E-state index contributed by atoms with van der Waals surface area (Å²) in [7, 11) is 0. The highest BCUT2D eigenvalue weighted by atomic mass is 35.5. The lowest BCUT2D eigenvalue weighted by Gasteiger charge is -2.12. The summed E-state index contributed by atoms with van der Waals surface area (Å²) in [5.41, 5.74) is 4.45. The van der Waals surface area contributed by atoms with E-state index in [4.69, 9.17) is 23.2 Å². The van der Waals surface area contributed by atoms with Gasteiger partial charge in [-0.1, -0.05) is 59.1 Å². The van der Waals surface area contributed by atoms with Crippen molar-refractivity contribution in [2.45, 2.75) is 6.92 Å². The van der Waals surface area contributed by atoms with E-state index in [2.05, 4.69) is 10.6 Å². The molecule has 0 aliphatic rings. The molecule has 0 saturated carbocycles. The normalized spacial score (nSPS) is 10.8. The molecule has 0 radical (unpaired) electrons. The van der Waals surface area contributed by atoms with Crippen LogP contribution in [-0.2, 0) is 4.79 Å². The topological polar surface area (TPSA) is 41.1 Å². The minimum atomic E-state index is -0.237. The van der Waals surface area contributed by atoms with Crippen molar-refractivity contribution in [2.24, 2.45) is 0 Å². The Balaban J connectivity index is 1.71. The number of halogens is 2. The molecule has 3 nitrogen and oxygen atoms in total. The van der Waals surface area contributed by atoms with E-state index in [0.29, 0.717) is 15.7 Å². The van der Waals surface area contributed by atoms with Gasteiger partial charge < -0.3 is 10.6 Å². The first-order chi connectivity index (χ1) is 13.0. The van der Waals surface area contributed by atoms with Gasteiger partial charge in [0.15, 0.2) is 0 Å². The number of hydrogen-bond acceptors (Lipinski definition) is 2. The molecule has 1 amide bonds. The van der Waals surface area contributed by atoms with Crippen LogP contribution in [0.2, 0.25) is 10.0 Å². The van der Waals surface area contributed by atoms with Gasteiger partial charge in [0.2, 0.25) is 5.91 Å². The van der Waals surface area contributed by atoms with Gasteiger partial charge in [0.25, 0.3) is 0 Å². The van der Waals surface area contributed by atoms with E-state index in [1.54, 1.807) is 24.3 Å². The van der Waals surface area contributed by atoms with Crippen LogP contribution in [0.4, 0.5) is 17.1 Å². The van der Waals surface area contributed by atoms with Crippen molar-refractivity contribution in [3.05, 3.63) is 94.0 Å². The Labute approximate surface area is 168 Å². The lowest BCUT2D eigenvalue weighted by molar-refractivity contribution is -0.111. The van der Waals surface area contributed by atoms with Crippen LogP contribution in [0, 0.1) is 6.92 Å². The second-order valence-corrected chi connectivity index (χ2v) is 6.85. The van der Waals surface area contributed by atoms with Gasteiger partial charge in [-0.15, -0.1) is 0 Å². The maximum absolute atomic E-state index is 12.3. The number of carbonyl (C=O) groups excluding carboxylic acids is 1. The number of para-hydroxylation sites is 2. The molecule has 136 valence electrons. The molecule has 0 bridgehead atoms. The summed E-state index contributed by atoms with van der Waals surface area (Å²) in [4.78, 5) is 12.3. The van der Waals surface area contributed by atoms with Crippen LogP contribution in [0.25, 0.3) is 6.08 Å². The fourth-order valence-electron chi connectivity index (χ4n) is 2.46. The quantitative estimate of drug-likeness (QED) is 0.471. The highest BCUT2D eigenvalue weighted by Crippen LogP contribution is 2.26. The SMILES string of the molecule is Cc1ccc(Nc2ccccc2NC(=O)/C=C/c2ccc(Cl)c(Cl)c2)cc1. The minimum Gasteiger partial charge on any atom is -0.354 e. The zero-order valence-electron chi connectivity index (χ0n) is 14.7. The molecule has 0 aliphatic carbocycles. The van der Waals surface area contributed by atoms with Crippen LogP contribution in [0.3, 0.4) is 0 Å². The summed E-state index contributed by atoms with van der Waals surface area (Å²) in [6, 6.07) is 20.8. The molecule has 3 aromatic carbocycles. The Kier molecular flexibility index (Phi) is 6.17. The molecule has 0 aromatic heterocycles. The number of carbonyl (C=O) groups is 1. The molecular formula is C22H18Cl2N2O. The zero-order chi connectivity index (χ0) is 19.2. The molecule has 2 N–H and O–H groups in total. The first-order valence-electron chi connectivity index (χ1n) is 8.38. The predicted molar refractivity (Wildman–Crippen MR) is 115 cm³/mol. The molecular weight excluding hydrogens is 379 g/mol. The summed E-state index contributed by atoms with van der Waals surface area (Å²) >= 11 is 11.9. The van der Waals surface area contributed by atoms with Crippen molar-refractivity contribution in [3.63, 3.8) is 0 Å². The summed E-state index contributed by atoms with van der Waals surface area (Å²) in [5, 5.41) is 7.14. The van der Waals surface area contributed by atoms with Gasteiger partial charge in [-0.25, -0.2) is 0 Å². The molecule has 0 unspecified atom stereocenters. The van der Waals surface area contributed by atoms with E-state index in [9.17, 15) is 4.79 Å². The highest BCUT2D eigenvalue weighted by molar-refractivity contribution is 6.42. The van der Waals surface area contributed by atoms with Crippen LogP contribution in [0.15, 0.2) is 72.8 Å². The second kappa shape index (κ2) is 8.76. The van der Waals surface area contributed by atoms with Crippen molar-refractivity contribution < 1.29 is 4.79 Å². The van der Waals surface area contributed by atoms with E-state index in [-0.39, 0.29) is 5.91 Å². The third-order valence-corrected chi connectivity index (χ3v) is 4.63. The van der Waals surface area contributed by atoms with E-state index < -0.39 is 0 Å². The average Bonchev–Trinajstić information content (AvgIpc) is 2.66. The number of amides is 1. The maximum atomic E-state index is 12.3. The summed E-state index contributed by atoms with van der Waals surface area (Å²) in [6.07, 6.45) is 3.15. The minimum absolute atomic E-state index is 0.237. The van der Waals surface area contributed by atoms with Gasteiger partial charge in [0, 0.05) is 11.8 Å². The van der Waals surface area contributed by atoms with Crippen molar-refractivity contribution in [1.82, 2.24) is 0 Å². The van der Waals surface area contributed by atoms with Gasteiger partial charge in [0.1, 0.15) is 0 Å². The number of hydrogen-bond donors (Lipinski definition) is 2. The first kappa shape index (κ1) is 19.0. The van der Waals surface area contributed by atoms with Gasteiger partial charge in [0.05, 0.1) is 21.4 Å². The third-order valence-electron chi connectivity index (χ3n) is 3.89. The van der Waals surface area contributed by atoms with Gasteiger partial charge in [-0.05, 0) is 55.0 Å².